The van der Waals surface area contributed by atoms with Gasteiger partial charge < -0.3 is 5.21 Å². The molecule has 0 atom stereocenters. The molecule has 0 aromatic carbocycles. The van der Waals surface area contributed by atoms with E-state index >= 15 is 0 Å². The predicted molar refractivity (Wildman–Crippen MR) is 31.8 cm³/mol. The van der Waals surface area contributed by atoms with E-state index in [1.54, 1.807) is 0 Å². The Balaban J connectivity index is 2.44. The molecule has 0 aromatic rings. The first-order valence-corrected chi connectivity index (χ1v) is 3.04. The molecule has 0 unspecified atom stereocenters. The molecule has 0 aliphatic carbocycles. The summed E-state index contributed by atoms with van der Waals surface area (Å²) in [5, 5.41) is 10.3. The minimum atomic E-state index is 0.342. The van der Waals surface area contributed by atoms with E-state index in [1.165, 1.54) is 5.06 Å². The van der Waals surface area contributed by atoms with Crippen molar-refractivity contribution in [2.45, 2.75) is 20.3 Å². The van der Waals surface area contributed by atoms with Crippen molar-refractivity contribution >= 4 is 0 Å². The number of hydroxylamine groups is 2. The molecule has 0 saturated carbocycles. The van der Waals surface area contributed by atoms with E-state index in [1.807, 2.05) is 0 Å². The van der Waals surface area contributed by atoms with Crippen LogP contribution in [-0.4, -0.2) is 23.4 Å². The summed E-state index contributed by atoms with van der Waals surface area (Å²) in [6, 6.07) is 0. The SMILES string of the molecule is CC1(C)CCN(O)C1. The Hall–Kier alpha value is -0.0800. The molecule has 1 aliphatic rings. The average Bonchev–Trinajstić information content (AvgIpc) is 1.82. The lowest BCUT2D eigenvalue weighted by molar-refractivity contribution is -0.0753. The minimum Gasteiger partial charge on any atom is -0.314 e. The van der Waals surface area contributed by atoms with Crippen LogP contribution in [0.15, 0.2) is 0 Å². The summed E-state index contributed by atoms with van der Waals surface area (Å²) in [5.74, 6) is 0. The van der Waals surface area contributed by atoms with Crippen LogP contribution < -0.4 is 0 Å². The molecule has 2 nitrogen and oxygen atoms in total. The van der Waals surface area contributed by atoms with E-state index in [4.69, 9.17) is 5.21 Å². The number of nitrogens with zero attached hydrogens (tertiary/aromatic N) is 1. The summed E-state index contributed by atoms with van der Waals surface area (Å²) in [6.07, 6.45) is 1.11. The van der Waals surface area contributed by atoms with Gasteiger partial charge in [-0.05, 0) is 11.8 Å². The molecule has 0 aromatic heterocycles. The van der Waals surface area contributed by atoms with E-state index < -0.39 is 0 Å². The summed E-state index contributed by atoms with van der Waals surface area (Å²) in [4.78, 5) is 0. The van der Waals surface area contributed by atoms with Crippen LogP contribution in [0.4, 0.5) is 0 Å². The van der Waals surface area contributed by atoms with Crippen molar-refractivity contribution in [1.82, 2.24) is 5.06 Å². The lowest BCUT2D eigenvalue weighted by Gasteiger charge is -2.14. The topological polar surface area (TPSA) is 23.5 Å². The van der Waals surface area contributed by atoms with Crippen molar-refractivity contribution in [2.24, 2.45) is 5.41 Å². The van der Waals surface area contributed by atoms with Crippen molar-refractivity contribution in [3.8, 4) is 0 Å². The zero-order chi connectivity index (χ0) is 6.20. The fourth-order valence-corrected chi connectivity index (χ4v) is 1.08. The molecule has 1 rings (SSSR count). The Labute approximate surface area is 50.1 Å². The first-order chi connectivity index (χ1) is 3.60. The van der Waals surface area contributed by atoms with Crippen LogP contribution in [0.1, 0.15) is 20.3 Å². The van der Waals surface area contributed by atoms with E-state index in [2.05, 4.69) is 13.8 Å². The maximum absolute atomic E-state index is 8.90. The van der Waals surface area contributed by atoms with Gasteiger partial charge in [0, 0.05) is 13.1 Å². The van der Waals surface area contributed by atoms with Crippen molar-refractivity contribution in [3.63, 3.8) is 0 Å². The van der Waals surface area contributed by atoms with Gasteiger partial charge in [-0.3, -0.25) is 0 Å². The maximum atomic E-state index is 8.90. The summed E-state index contributed by atoms with van der Waals surface area (Å²) in [5.41, 5.74) is 0.342. The molecule has 0 radical (unpaired) electrons. The second-order valence-electron chi connectivity index (χ2n) is 3.30. The molecule has 0 amide bonds. The van der Waals surface area contributed by atoms with Gasteiger partial charge in [-0.2, -0.15) is 5.06 Å². The average molecular weight is 115 g/mol. The molecule has 1 fully saturated rings. The summed E-state index contributed by atoms with van der Waals surface area (Å²) < 4.78 is 0. The van der Waals surface area contributed by atoms with Crippen LogP contribution in [0.5, 0.6) is 0 Å². The van der Waals surface area contributed by atoms with E-state index in [9.17, 15) is 0 Å². The van der Waals surface area contributed by atoms with Crippen molar-refractivity contribution in [3.05, 3.63) is 0 Å². The van der Waals surface area contributed by atoms with Gasteiger partial charge in [0.1, 0.15) is 0 Å². The maximum Gasteiger partial charge on any atom is 0.0289 e. The van der Waals surface area contributed by atoms with E-state index in [0.717, 1.165) is 19.5 Å². The van der Waals surface area contributed by atoms with E-state index in [0.29, 0.717) is 5.41 Å². The van der Waals surface area contributed by atoms with Crippen molar-refractivity contribution in [2.75, 3.05) is 13.1 Å². The van der Waals surface area contributed by atoms with Gasteiger partial charge in [0.05, 0.1) is 0 Å². The van der Waals surface area contributed by atoms with Gasteiger partial charge in [-0.1, -0.05) is 13.8 Å². The number of hydrogen-bond acceptors (Lipinski definition) is 2. The number of rotatable bonds is 0. The second kappa shape index (κ2) is 1.71. The Bertz CT molecular complexity index is 90.5. The summed E-state index contributed by atoms with van der Waals surface area (Å²) in [7, 11) is 0. The lowest BCUT2D eigenvalue weighted by Crippen LogP contribution is -2.18. The summed E-state index contributed by atoms with van der Waals surface area (Å²) >= 11 is 0. The highest BCUT2D eigenvalue weighted by molar-refractivity contribution is 4.77. The summed E-state index contributed by atoms with van der Waals surface area (Å²) in [6.45, 7) is 6.01. The highest BCUT2D eigenvalue weighted by atomic mass is 16.5. The highest BCUT2D eigenvalue weighted by Gasteiger charge is 2.27. The monoisotopic (exact) mass is 115 g/mol. The quantitative estimate of drug-likeness (QED) is 0.511. The molecule has 0 bridgehead atoms. The van der Waals surface area contributed by atoms with Gasteiger partial charge in [0.2, 0.25) is 0 Å². The fourth-order valence-electron chi connectivity index (χ4n) is 1.08. The molecule has 48 valence electrons. The molecule has 1 saturated heterocycles. The molecule has 1 aliphatic heterocycles. The zero-order valence-corrected chi connectivity index (χ0v) is 5.52. The molecular formula is C6H13NO. The van der Waals surface area contributed by atoms with Crippen LogP contribution in [-0.2, 0) is 0 Å². The van der Waals surface area contributed by atoms with Crippen molar-refractivity contribution in [1.29, 1.82) is 0 Å². The van der Waals surface area contributed by atoms with Gasteiger partial charge in [0.25, 0.3) is 0 Å². The molecular weight excluding hydrogens is 102 g/mol. The fraction of sp³-hybridized carbons (Fsp3) is 1.00. The standard InChI is InChI=1S/C6H13NO/c1-6(2)3-4-7(8)5-6/h8H,3-5H2,1-2H3. The third-order valence-electron chi connectivity index (χ3n) is 1.66. The van der Waals surface area contributed by atoms with Crippen molar-refractivity contribution < 1.29 is 5.21 Å². The normalized spacial score (nSPS) is 28.9. The minimum absolute atomic E-state index is 0.342. The van der Waals surface area contributed by atoms with Gasteiger partial charge in [-0.15, -0.1) is 0 Å². The molecule has 1 N–H and O–H groups in total. The highest BCUT2D eigenvalue weighted by Crippen LogP contribution is 2.26. The van der Waals surface area contributed by atoms with Gasteiger partial charge in [0.15, 0.2) is 0 Å². The lowest BCUT2D eigenvalue weighted by atomic mass is 9.93. The Morgan fingerprint density at radius 3 is 2.25 bits per heavy atom. The Morgan fingerprint density at radius 1 is 1.50 bits per heavy atom. The molecule has 1 heterocycles. The van der Waals surface area contributed by atoms with Gasteiger partial charge in [-0.25, -0.2) is 0 Å². The third-order valence-corrected chi connectivity index (χ3v) is 1.66. The van der Waals surface area contributed by atoms with Crippen LogP contribution in [0, 0.1) is 5.41 Å². The third kappa shape index (κ3) is 1.20. The zero-order valence-electron chi connectivity index (χ0n) is 5.52. The van der Waals surface area contributed by atoms with Crippen LogP contribution in [0.3, 0.4) is 0 Å². The van der Waals surface area contributed by atoms with Gasteiger partial charge >= 0.3 is 0 Å². The Morgan fingerprint density at radius 2 is 2.12 bits per heavy atom. The first kappa shape index (κ1) is 6.05. The van der Waals surface area contributed by atoms with Crippen LogP contribution >= 0.6 is 0 Å². The van der Waals surface area contributed by atoms with Crippen LogP contribution in [0.2, 0.25) is 0 Å². The largest absolute Gasteiger partial charge is 0.314 e. The smallest absolute Gasteiger partial charge is 0.0289 e. The molecule has 8 heavy (non-hydrogen) atoms. The molecule has 2 heteroatoms. The predicted octanol–water partition coefficient (Wildman–Crippen LogP) is 1.11. The van der Waals surface area contributed by atoms with E-state index in [-0.39, 0.29) is 0 Å². The number of hydrogen-bond donors (Lipinski definition) is 1. The second-order valence-corrected chi connectivity index (χ2v) is 3.30. The molecule has 0 spiro atoms. The van der Waals surface area contributed by atoms with Crippen LogP contribution in [0.25, 0.3) is 0 Å². The first-order valence-electron chi connectivity index (χ1n) is 3.04. The Kier molecular flexibility index (Phi) is 1.29.